The number of hydrogen-bond donors (Lipinski definition) is 1. The van der Waals surface area contributed by atoms with Crippen LogP contribution in [0.1, 0.15) is 70.0 Å². The number of aryl methyl sites for hydroxylation is 1. The van der Waals surface area contributed by atoms with Crippen molar-refractivity contribution in [1.29, 1.82) is 0 Å². The van der Waals surface area contributed by atoms with Gasteiger partial charge in [-0.2, -0.15) is 0 Å². The molecule has 1 heterocycles. The Kier molecular flexibility index (Phi) is 5.76. The third kappa shape index (κ3) is 4.00. The van der Waals surface area contributed by atoms with Crippen LogP contribution < -0.4 is 5.73 Å². The Labute approximate surface area is 115 Å². The van der Waals surface area contributed by atoms with Gasteiger partial charge in [-0.3, -0.25) is 0 Å². The molecule has 5 heteroatoms. The molecule has 2 rings (SSSR count). The van der Waals surface area contributed by atoms with Crippen molar-refractivity contribution in [2.45, 2.75) is 70.8 Å². The first-order valence-corrected chi connectivity index (χ1v) is 7.81. The van der Waals surface area contributed by atoms with Gasteiger partial charge < -0.3 is 5.73 Å². The molecule has 0 atom stereocenters. The lowest BCUT2D eigenvalue weighted by Crippen LogP contribution is -2.18. The quantitative estimate of drug-likeness (QED) is 0.822. The average Bonchev–Trinajstić information content (AvgIpc) is 2.92. The molecule has 1 fully saturated rings. The zero-order chi connectivity index (χ0) is 13.5. The number of hydrogen-bond acceptors (Lipinski definition) is 4. The van der Waals surface area contributed by atoms with Crippen molar-refractivity contribution in [2.24, 2.45) is 11.7 Å². The van der Waals surface area contributed by atoms with Gasteiger partial charge in [0.05, 0.1) is 0 Å². The van der Waals surface area contributed by atoms with Crippen LogP contribution in [0.3, 0.4) is 0 Å². The molecule has 1 saturated carbocycles. The molecule has 5 nitrogen and oxygen atoms in total. The molecule has 2 N–H and O–H groups in total. The van der Waals surface area contributed by atoms with Gasteiger partial charge in [-0.15, -0.1) is 5.10 Å². The Hall–Kier alpha value is -0.970. The van der Waals surface area contributed by atoms with Gasteiger partial charge in [0.15, 0.2) is 5.82 Å². The Balaban J connectivity index is 1.85. The van der Waals surface area contributed by atoms with E-state index in [9.17, 15) is 0 Å². The summed E-state index contributed by atoms with van der Waals surface area (Å²) in [5, 5.41) is 12.2. The summed E-state index contributed by atoms with van der Waals surface area (Å²) in [5.41, 5.74) is 5.56. The molecule has 0 amide bonds. The van der Waals surface area contributed by atoms with Crippen LogP contribution >= 0.6 is 0 Å². The minimum absolute atomic E-state index is 0.561. The van der Waals surface area contributed by atoms with Gasteiger partial charge in [-0.1, -0.05) is 26.2 Å². The summed E-state index contributed by atoms with van der Waals surface area (Å²) in [6.07, 6.45) is 10.2. The summed E-state index contributed by atoms with van der Waals surface area (Å²) in [4.78, 5) is 0. The number of unbranched alkanes of at least 4 members (excludes halogenated alkanes) is 1. The second kappa shape index (κ2) is 7.58. The minimum Gasteiger partial charge on any atom is -0.330 e. The molecule has 0 aliphatic heterocycles. The standard InChI is InChI=1S/C14H27N5/c1-2-3-5-12-6-8-13(9-7-12)14-16-17-18-19(14)11-4-10-15/h12-13H,2-11,15H2,1H3. The molecule has 1 aliphatic carbocycles. The average molecular weight is 265 g/mol. The number of aromatic nitrogens is 4. The second-order valence-corrected chi connectivity index (χ2v) is 5.76. The van der Waals surface area contributed by atoms with Crippen molar-refractivity contribution in [3.63, 3.8) is 0 Å². The Bertz CT molecular complexity index is 354. The predicted octanol–water partition coefficient (Wildman–Crippen LogP) is 2.49. The summed E-state index contributed by atoms with van der Waals surface area (Å²) < 4.78 is 1.96. The number of rotatable bonds is 7. The number of tetrazole rings is 1. The lowest BCUT2D eigenvalue weighted by molar-refractivity contribution is 0.292. The van der Waals surface area contributed by atoms with Crippen LogP contribution in [0.15, 0.2) is 0 Å². The summed E-state index contributed by atoms with van der Waals surface area (Å²) in [5.74, 6) is 2.58. The van der Waals surface area contributed by atoms with Crippen LogP contribution in [0.5, 0.6) is 0 Å². The molecule has 0 saturated heterocycles. The molecule has 1 aliphatic rings. The van der Waals surface area contributed by atoms with E-state index in [1.165, 1.54) is 44.9 Å². The van der Waals surface area contributed by atoms with Gasteiger partial charge in [0.1, 0.15) is 0 Å². The molecule has 0 bridgehead atoms. The third-order valence-electron chi connectivity index (χ3n) is 4.31. The molecular weight excluding hydrogens is 238 g/mol. The monoisotopic (exact) mass is 265 g/mol. The molecule has 19 heavy (non-hydrogen) atoms. The van der Waals surface area contributed by atoms with Gasteiger partial charge in [0, 0.05) is 12.5 Å². The van der Waals surface area contributed by atoms with E-state index >= 15 is 0 Å². The van der Waals surface area contributed by atoms with Crippen LogP contribution in [0.4, 0.5) is 0 Å². The second-order valence-electron chi connectivity index (χ2n) is 5.76. The van der Waals surface area contributed by atoms with Gasteiger partial charge >= 0.3 is 0 Å². The SMILES string of the molecule is CCCCC1CCC(c2nnnn2CCCN)CC1. The third-order valence-corrected chi connectivity index (χ3v) is 4.31. The maximum absolute atomic E-state index is 5.56. The van der Waals surface area contributed by atoms with Crippen molar-refractivity contribution in [3.8, 4) is 0 Å². The molecule has 1 aromatic heterocycles. The van der Waals surface area contributed by atoms with Gasteiger partial charge in [-0.25, -0.2) is 4.68 Å². The first-order valence-electron chi connectivity index (χ1n) is 7.81. The highest BCUT2D eigenvalue weighted by Gasteiger charge is 2.25. The lowest BCUT2D eigenvalue weighted by Gasteiger charge is -2.27. The predicted molar refractivity (Wildman–Crippen MR) is 75.7 cm³/mol. The highest BCUT2D eigenvalue weighted by atomic mass is 15.5. The van der Waals surface area contributed by atoms with E-state index in [-0.39, 0.29) is 0 Å². The Morgan fingerprint density at radius 1 is 1.21 bits per heavy atom. The fourth-order valence-corrected chi connectivity index (χ4v) is 3.11. The van der Waals surface area contributed by atoms with E-state index in [1.54, 1.807) is 0 Å². The van der Waals surface area contributed by atoms with Crippen LogP contribution in [0.2, 0.25) is 0 Å². The maximum Gasteiger partial charge on any atom is 0.154 e. The normalized spacial score (nSPS) is 23.7. The van der Waals surface area contributed by atoms with Gasteiger partial charge in [0.2, 0.25) is 0 Å². The molecule has 1 aromatic rings. The van der Waals surface area contributed by atoms with Crippen LogP contribution in [-0.2, 0) is 6.54 Å². The van der Waals surface area contributed by atoms with E-state index in [0.717, 1.165) is 24.7 Å². The zero-order valence-corrected chi connectivity index (χ0v) is 12.1. The van der Waals surface area contributed by atoms with Crippen LogP contribution in [0.25, 0.3) is 0 Å². The molecular formula is C14H27N5. The molecule has 0 unspecified atom stereocenters. The van der Waals surface area contributed by atoms with Crippen molar-refractivity contribution < 1.29 is 0 Å². The van der Waals surface area contributed by atoms with E-state index < -0.39 is 0 Å². The highest BCUT2D eigenvalue weighted by molar-refractivity contribution is 4.96. The number of nitrogens with zero attached hydrogens (tertiary/aromatic N) is 4. The molecule has 108 valence electrons. The minimum atomic E-state index is 0.561. The lowest BCUT2D eigenvalue weighted by atomic mass is 9.79. The van der Waals surface area contributed by atoms with Crippen molar-refractivity contribution in [2.75, 3.05) is 6.54 Å². The molecule has 0 aromatic carbocycles. The topological polar surface area (TPSA) is 69.6 Å². The van der Waals surface area contributed by atoms with Crippen molar-refractivity contribution in [1.82, 2.24) is 20.2 Å². The van der Waals surface area contributed by atoms with Crippen molar-refractivity contribution in [3.05, 3.63) is 5.82 Å². The van der Waals surface area contributed by atoms with E-state index in [4.69, 9.17) is 5.73 Å². The highest BCUT2D eigenvalue weighted by Crippen LogP contribution is 2.36. The van der Waals surface area contributed by atoms with E-state index in [0.29, 0.717) is 12.5 Å². The number of nitrogens with two attached hydrogens (primary N) is 1. The first kappa shape index (κ1) is 14.4. The summed E-state index contributed by atoms with van der Waals surface area (Å²) in [7, 11) is 0. The van der Waals surface area contributed by atoms with E-state index in [1.807, 2.05) is 4.68 Å². The Morgan fingerprint density at radius 3 is 2.68 bits per heavy atom. The molecule has 0 radical (unpaired) electrons. The smallest absolute Gasteiger partial charge is 0.154 e. The molecule has 0 spiro atoms. The fourth-order valence-electron chi connectivity index (χ4n) is 3.11. The summed E-state index contributed by atoms with van der Waals surface area (Å²) in [6.45, 7) is 3.83. The zero-order valence-electron chi connectivity index (χ0n) is 12.1. The first-order chi connectivity index (χ1) is 9.35. The van der Waals surface area contributed by atoms with E-state index in [2.05, 4.69) is 22.4 Å². The van der Waals surface area contributed by atoms with Crippen molar-refractivity contribution >= 4 is 0 Å². The summed E-state index contributed by atoms with van der Waals surface area (Å²) in [6, 6.07) is 0. The van der Waals surface area contributed by atoms with Crippen LogP contribution in [0, 0.1) is 5.92 Å². The summed E-state index contributed by atoms with van der Waals surface area (Å²) >= 11 is 0. The Morgan fingerprint density at radius 2 is 2.00 bits per heavy atom. The fraction of sp³-hybridized carbons (Fsp3) is 0.929. The van der Waals surface area contributed by atoms with Crippen LogP contribution in [-0.4, -0.2) is 26.8 Å². The van der Waals surface area contributed by atoms with Gasteiger partial charge in [-0.05, 0) is 55.0 Å². The maximum atomic E-state index is 5.56. The van der Waals surface area contributed by atoms with Gasteiger partial charge in [0.25, 0.3) is 0 Å². The largest absolute Gasteiger partial charge is 0.330 e.